The summed E-state index contributed by atoms with van der Waals surface area (Å²) >= 11 is 0. The minimum atomic E-state index is -0.172. The van der Waals surface area contributed by atoms with Crippen molar-refractivity contribution in [2.45, 2.75) is 50.3 Å². The second-order valence-corrected chi connectivity index (χ2v) is 5.36. The monoisotopic (exact) mass is 224 g/mol. The van der Waals surface area contributed by atoms with E-state index in [9.17, 15) is 9.90 Å². The Morgan fingerprint density at radius 3 is 2.81 bits per heavy atom. The third-order valence-electron chi connectivity index (χ3n) is 4.51. The zero-order valence-electron chi connectivity index (χ0n) is 9.56. The van der Waals surface area contributed by atoms with Crippen LogP contribution in [0.3, 0.4) is 0 Å². The Morgan fingerprint density at radius 2 is 2.06 bits per heavy atom. The summed E-state index contributed by atoms with van der Waals surface area (Å²) in [5, 5.41) is 12.9. The van der Waals surface area contributed by atoms with Crippen LogP contribution in [0.15, 0.2) is 0 Å². The number of fused-ring (bicyclic) bond motifs is 1. The van der Waals surface area contributed by atoms with Gasteiger partial charge in [0.1, 0.15) is 0 Å². The fraction of sp³-hybridized carbons (Fsp3) is 0.917. The Kier molecular flexibility index (Phi) is 2.64. The Morgan fingerprint density at radius 1 is 1.19 bits per heavy atom. The molecular formula is C12H20N2O2. The molecule has 2 N–H and O–H groups in total. The maximum Gasteiger partial charge on any atom is 0.224 e. The molecule has 3 rings (SSSR count). The quantitative estimate of drug-likeness (QED) is 0.664. The summed E-state index contributed by atoms with van der Waals surface area (Å²) in [5.41, 5.74) is 0. The molecule has 0 spiro atoms. The Bertz CT molecular complexity index is 295. The number of nitrogens with zero attached hydrogens (tertiary/aromatic N) is 1. The first-order valence-corrected chi connectivity index (χ1v) is 6.49. The first-order chi connectivity index (χ1) is 7.77. The largest absolute Gasteiger partial charge is 0.391 e. The van der Waals surface area contributed by atoms with Crippen LogP contribution in [0.5, 0.6) is 0 Å². The van der Waals surface area contributed by atoms with Gasteiger partial charge in [-0.05, 0) is 38.6 Å². The van der Waals surface area contributed by atoms with Crippen molar-refractivity contribution in [1.82, 2.24) is 10.2 Å². The Labute approximate surface area is 96.0 Å². The van der Waals surface area contributed by atoms with Gasteiger partial charge in [-0.3, -0.25) is 9.69 Å². The fourth-order valence-electron chi connectivity index (χ4n) is 3.70. The highest BCUT2D eigenvalue weighted by Gasteiger charge is 2.45. The van der Waals surface area contributed by atoms with E-state index >= 15 is 0 Å². The van der Waals surface area contributed by atoms with Crippen molar-refractivity contribution in [1.29, 1.82) is 0 Å². The molecule has 2 heterocycles. The Hall–Kier alpha value is -0.610. The van der Waals surface area contributed by atoms with Crippen molar-refractivity contribution in [3.8, 4) is 0 Å². The van der Waals surface area contributed by atoms with Gasteiger partial charge in [0, 0.05) is 18.6 Å². The van der Waals surface area contributed by atoms with E-state index in [1.165, 1.54) is 0 Å². The van der Waals surface area contributed by atoms with Gasteiger partial charge in [0.05, 0.1) is 12.0 Å². The number of amides is 1. The van der Waals surface area contributed by atoms with E-state index in [4.69, 9.17) is 0 Å². The molecule has 1 aliphatic carbocycles. The number of hydrogen-bond acceptors (Lipinski definition) is 3. The molecule has 4 nitrogen and oxygen atoms in total. The van der Waals surface area contributed by atoms with Gasteiger partial charge in [-0.25, -0.2) is 0 Å². The van der Waals surface area contributed by atoms with E-state index in [0.29, 0.717) is 12.1 Å². The van der Waals surface area contributed by atoms with Crippen LogP contribution in [0.4, 0.5) is 0 Å². The summed E-state index contributed by atoms with van der Waals surface area (Å²) in [6.45, 7) is 1.84. The van der Waals surface area contributed by atoms with Crippen LogP contribution >= 0.6 is 0 Å². The summed E-state index contributed by atoms with van der Waals surface area (Å²) in [4.78, 5) is 14.1. The molecule has 0 radical (unpaired) electrons. The molecule has 0 bridgehead atoms. The third-order valence-corrected chi connectivity index (χ3v) is 4.51. The van der Waals surface area contributed by atoms with Crippen LogP contribution < -0.4 is 5.32 Å². The number of aliphatic hydroxyl groups excluding tert-OH is 1. The number of likely N-dealkylation sites (tertiary alicyclic amines) is 1. The number of carbonyl (C=O) groups is 1. The zero-order valence-corrected chi connectivity index (χ0v) is 9.56. The first-order valence-electron chi connectivity index (χ1n) is 6.49. The lowest BCUT2D eigenvalue weighted by Crippen LogP contribution is -2.53. The average Bonchev–Trinajstić information content (AvgIpc) is 2.86. The number of aliphatic hydroxyl groups is 1. The molecule has 0 aromatic carbocycles. The summed E-state index contributed by atoms with van der Waals surface area (Å²) in [7, 11) is 0. The number of nitrogens with one attached hydrogen (secondary N) is 1. The minimum absolute atomic E-state index is 0.172. The normalized spacial score (nSPS) is 44.4. The maximum absolute atomic E-state index is 11.7. The van der Waals surface area contributed by atoms with Crippen molar-refractivity contribution in [2.24, 2.45) is 5.92 Å². The van der Waals surface area contributed by atoms with Gasteiger partial charge in [0.2, 0.25) is 5.91 Å². The van der Waals surface area contributed by atoms with Crippen LogP contribution in [-0.4, -0.2) is 47.2 Å². The average molecular weight is 224 g/mol. The molecule has 16 heavy (non-hydrogen) atoms. The number of rotatable bonds is 1. The SMILES string of the molecule is O=C1NCC2C1CCCN2[C@H]1CCC[C@@H]1O. The van der Waals surface area contributed by atoms with Crippen molar-refractivity contribution >= 4 is 5.91 Å². The van der Waals surface area contributed by atoms with Gasteiger partial charge in [-0.1, -0.05) is 0 Å². The molecule has 3 fully saturated rings. The lowest BCUT2D eigenvalue weighted by atomic mass is 9.89. The van der Waals surface area contributed by atoms with Crippen molar-refractivity contribution in [3.63, 3.8) is 0 Å². The van der Waals surface area contributed by atoms with E-state index in [2.05, 4.69) is 10.2 Å². The fourth-order valence-corrected chi connectivity index (χ4v) is 3.70. The Balaban J connectivity index is 1.77. The van der Waals surface area contributed by atoms with Gasteiger partial charge >= 0.3 is 0 Å². The van der Waals surface area contributed by atoms with Crippen molar-refractivity contribution < 1.29 is 9.90 Å². The van der Waals surface area contributed by atoms with Gasteiger partial charge in [-0.2, -0.15) is 0 Å². The van der Waals surface area contributed by atoms with E-state index < -0.39 is 0 Å². The van der Waals surface area contributed by atoms with E-state index in [1.54, 1.807) is 0 Å². The molecule has 1 amide bonds. The van der Waals surface area contributed by atoms with Gasteiger partial charge in [0.15, 0.2) is 0 Å². The molecule has 0 aromatic rings. The summed E-state index contributed by atoms with van der Waals surface area (Å²) in [5.74, 6) is 0.406. The van der Waals surface area contributed by atoms with Gasteiger partial charge in [-0.15, -0.1) is 0 Å². The van der Waals surface area contributed by atoms with E-state index in [1.807, 2.05) is 0 Å². The second kappa shape index (κ2) is 4.00. The smallest absolute Gasteiger partial charge is 0.224 e. The van der Waals surface area contributed by atoms with Crippen molar-refractivity contribution in [3.05, 3.63) is 0 Å². The van der Waals surface area contributed by atoms with Gasteiger partial charge in [0.25, 0.3) is 0 Å². The van der Waals surface area contributed by atoms with Crippen LogP contribution in [0.25, 0.3) is 0 Å². The highest BCUT2D eigenvalue weighted by Crippen LogP contribution is 2.34. The topological polar surface area (TPSA) is 52.6 Å². The minimum Gasteiger partial charge on any atom is -0.391 e. The van der Waals surface area contributed by atoms with Crippen LogP contribution in [0, 0.1) is 5.92 Å². The standard InChI is InChI=1S/C12H20N2O2/c15-11-5-1-4-9(11)14-6-2-3-8-10(14)7-13-12(8)16/h8-11,15H,1-7H2,(H,13,16)/t8?,9-,10?,11-/m0/s1. The van der Waals surface area contributed by atoms with Gasteiger partial charge < -0.3 is 10.4 Å². The summed E-state index contributed by atoms with van der Waals surface area (Å²) < 4.78 is 0. The molecule has 90 valence electrons. The first kappa shape index (κ1) is 10.5. The number of hydrogen-bond donors (Lipinski definition) is 2. The second-order valence-electron chi connectivity index (χ2n) is 5.36. The predicted octanol–water partition coefficient (Wildman–Crippen LogP) is 0.110. The predicted molar refractivity (Wildman–Crippen MR) is 59.9 cm³/mol. The molecule has 4 atom stereocenters. The molecule has 2 aliphatic heterocycles. The van der Waals surface area contributed by atoms with Crippen molar-refractivity contribution in [2.75, 3.05) is 13.1 Å². The van der Waals surface area contributed by atoms with E-state index in [0.717, 1.165) is 45.2 Å². The molecule has 1 saturated carbocycles. The number of carbonyl (C=O) groups excluding carboxylic acids is 1. The van der Waals surface area contributed by atoms with Crippen LogP contribution in [0.1, 0.15) is 32.1 Å². The molecular weight excluding hydrogens is 204 g/mol. The number of piperidine rings is 1. The molecule has 2 unspecified atom stereocenters. The summed E-state index contributed by atoms with van der Waals surface area (Å²) in [6, 6.07) is 0.652. The third kappa shape index (κ3) is 1.55. The highest BCUT2D eigenvalue weighted by molar-refractivity contribution is 5.82. The highest BCUT2D eigenvalue weighted by atomic mass is 16.3. The van der Waals surface area contributed by atoms with E-state index in [-0.39, 0.29) is 17.9 Å². The zero-order chi connectivity index (χ0) is 11.1. The lowest BCUT2D eigenvalue weighted by Gasteiger charge is -2.41. The maximum atomic E-state index is 11.7. The molecule has 3 aliphatic rings. The summed E-state index contributed by atoms with van der Waals surface area (Å²) in [6.07, 6.45) is 5.10. The molecule has 2 saturated heterocycles. The van der Waals surface area contributed by atoms with Crippen LogP contribution in [-0.2, 0) is 4.79 Å². The molecule has 0 aromatic heterocycles. The van der Waals surface area contributed by atoms with Crippen LogP contribution in [0.2, 0.25) is 0 Å². The molecule has 4 heteroatoms. The lowest BCUT2D eigenvalue weighted by molar-refractivity contribution is -0.124.